The summed E-state index contributed by atoms with van der Waals surface area (Å²) in [6, 6.07) is 9.61. The van der Waals surface area contributed by atoms with Gasteiger partial charge < -0.3 is 10.4 Å². The average molecular weight is 329 g/mol. The van der Waals surface area contributed by atoms with Gasteiger partial charge in [-0.15, -0.1) is 0 Å². The lowest BCUT2D eigenvalue weighted by molar-refractivity contribution is -0.385. The van der Waals surface area contributed by atoms with E-state index in [1.54, 1.807) is 18.2 Å². The molecule has 0 saturated heterocycles. The van der Waals surface area contributed by atoms with Crippen LogP contribution in [0.3, 0.4) is 0 Å². The van der Waals surface area contributed by atoms with Crippen molar-refractivity contribution in [2.24, 2.45) is 4.99 Å². The molecule has 0 spiro atoms. The first-order chi connectivity index (χ1) is 11.5. The van der Waals surface area contributed by atoms with Crippen molar-refractivity contribution in [3.63, 3.8) is 0 Å². The molecule has 124 valence electrons. The summed E-state index contributed by atoms with van der Waals surface area (Å²) in [5.74, 6) is -0.365. The Hall–Kier alpha value is -3.49. The number of nitro groups is 2. The Balaban J connectivity index is 1.95. The molecule has 0 unspecified atom stereocenters. The van der Waals surface area contributed by atoms with E-state index in [0.717, 1.165) is 18.2 Å². The largest absolute Gasteiger partial charge is 0.872 e. The van der Waals surface area contributed by atoms with E-state index in [0.29, 0.717) is 12.2 Å². The standard InChI is InChI=1S/C15H14N4O5/c20-15-6-5-12(18(21)22)9-11(15)10-16-7-8-17-13-3-1-2-4-14(13)19(23)24/h1-6,9-10,17,20H,7-8H2/p-1. The van der Waals surface area contributed by atoms with E-state index in [-0.39, 0.29) is 29.2 Å². The minimum atomic E-state index is -0.590. The van der Waals surface area contributed by atoms with Gasteiger partial charge in [0.15, 0.2) is 0 Å². The van der Waals surface area contributed by atoms with E-state index in [4.69, 9.17) is 0 Å². The molecule has 2 rings (SSSR count). The predicted molar refractivity (Wildman–Crippen MR) is 86.6 cm³/mol. The van der Waals surface area contributed by atoms with Gasteiger partial charge in [0.1, 0.15) is 5.69 Å². The van der Waals surface area contributed by atoms with E-state index >= 15 is 0 Å². The molecule has 0 aliphatic rings. The molecule has 24 heavy (non-hydrogen) atoms. The Morgan fingerprint density at radius 3 is 2.54 bits per heavy atom. The predicted octanol–water partition coefficient (Wildman–Crippen LogP) is 2.11. The summed E-state index contributed by atoms with van der Waals surface area (Å²) in [7, 11) is 0. The highest BCUT2D eigenvalue weighted by molar-refractivity contribution is 5.84. The number of benzene rings is 2. The van der Waals surface area contributed by atoms with Crippen LogP contribution >= 0.6 is 0 Å². The third-order valence-electron chi connectivity index (χ3n) is 3.09. The molecular formula is C15H13N4O5-. The zero-order chi connectivity index (χ0) is 17.5. The fourth-order valence-electron chi connectivity index (χ4n) is 1.95. The van der Waals surface area contributed by atoms with Gasteiger partial charge in [0, 0.05) is 31.0 Å². The summed E-state index contributed by atoms with van der Waals surface area (Å²) in [5, 5.41) is 36.0. The fraction of sp³-hybridized carbons (Fsp3) is 0.133. The summed E-state index contributed by atoms with van der Waals surface area (Å²) >= 11 is 0. The summed E-state index contributed by atoms with van der Waals surface area (Å²) in [4.78, 5) is 24.5. The molecule has 0 aliphatic carbocycles. The molecule has 0 saturated carbocycles. The molecule has 9 nitrogen and oxygen atoms in total. The normalized spacial score (nSPS) is 10.7. The van der Waals surface area contributed by atoms with Crippen LogP contribution in [0.25, 0.3) is 0 Å². The first-order valence-electron chi connectivity index (χ1n) is 6.91. The second-order valence-electron chi connectivity index (χ2n) is 4.72. The van der Waals surface area contributed by atoms with Gasteiger partial charge in [0.2, 0.25) is 0 Å². The van der Waals surface area contributed by atoms with Crippen LogP contribution < -0.4 is 10.4 Å². The van der Waals surface area contributed by atoms with Crippen molar-refractivity contribution >= 4 is 23.3 Å². The number of para-hydroxylation sites is 2. The molecule has 0 amide bonds. The van der Waals surface area contributed by atoms with Gasteiger partial charge in [-0.25, -0.2) is 0 Å². The number of nitrogens with one attached hydrogen (secondary N) is 1. The molecule has 0 radical (unpaired) electrons. The van der Waals surface area contributed by atoms with E-state index in [1.165, 1.54) is 12.3 Å². The number of aliphatic imine (C=N–C) groups is 1. The number of rotatable bonds is 7. The number of hydrogen-bond acceptors (Lipinski definition) is 7. The number of hydrogen-bond donors (Lipinski definition) is 1. The third kappa shape index (κ3) is 4.26. The number of nitro benzene ring substituents is 2. The molecule has 0 atom stereocenters. The van der Waals surface area contributed by atoms with Gasteiger partial charge in [-0.2, -0.15) is 0 Å². The van der Waals surface area contributed by atoms with Crippen LogP contribution in [0.15, 0.2) is 47.5 Å². The lowest BCUT2D eigenvalue weighted by atomic mass is 10.2. The Labute approximate surface area is 136 Å². The van der Waals surface area contributed by atoms with Gasteiger partial charge >= 0.3 is 0 Å². The van der Waals surface area contributed by atoms with Crippen molar-refractivity contribution in [3.05, 3.63) is 68.3 Å². The fourth-order valence-corrected chi connectivity index (χ4v) is 1.95. The zero-order valence-electron chi connectivity index (χ0n) is 12.4. The smallest absolute Gasteiger partial charge is 0.292 e. The Bertz CT molecular complexity index is 791. The van der Waals surface area contributed by atoms with Gasteiger partial charge in [0.05, 0.1) is 16.4 Å². The van der Waals surface area contributed by atoms with Crippen molar-refractivity contribution in [3.8, 4) is 5.75 Å². The average Bonchev–Trinajstić information content (AvgIpc) is 2.56. The van der Waals surface area contributed by atoms with Crippen LogP contribution in [0.2, 0.25) is 0 Å². The van der Waals surface area contributed by atoms with Crippen molar-refractivity contribution in [2.45, 2.75) is 0 Å². The maximum atomic E-state index is 11.6. The van der Waals surface area contributed by atoms with Crippen LogP contribution in [0.5, 0.6) is 5.75 Å². The molecule has 9 heteroatoms. The highest BCUT2D eigenvalue weighted by Crippen LogP contribution is 2.22. The summed E-state index contributed by atoms with van der Waals surface area (Å²) in [5.41, 5.74) is 0.267. The monoisotopic (exact) mass is 329 g/mol. The number of nitrogens with zero attached hydrogens (tertiary/aromatic N) is 3. The lowest BCUT2D eigenvalue weighted by Crippen LogP contribution is -2.07. The van der Waals surface area contributed by atoms with E-state index in [1.807, 2.05) is 0 Å². The van der Waals surface area contributed by atoms with Crippen LogP contribution in [0.4, 0.5) is 17.1 Å². The highest BCUT2D eigenvalue weighted by atomic mass is 16.6. The van der Waals surface area contributed by atoms with E-state index in [2.05, 4.69) is 10.3 Å². The van der Waals surface area contributed by atoms with Crippen molar-refractivity contribution < 1.29 is 15.0 Å². The molecular weight excluding hydrogens is 316 g/mol. The molecule has 2 aromatic carbocycles. The SMILES string of the molecule is O=[N+]([O-])c1ccc([O-])c(C=NCCNc2ccccc2[N+](=O)[O-])c1. The van der Waals surface area contributed by atoms with Crippen molar-refractivity contribution in [1.82, 2.24) is 0 Å². The minimum absolute atomic E-state index is 0.0398. The quantitative estimate of drug-likeness (QED) is 0.358. The molecule has 0 aliphatic heterocycles. The minimum Gasteiger partial charge on any atom is -0.872 e. The second-order valence-corrected chi connectivity index (χ2v) is 4.72. The maximum Gasteiger partial charge on any atom is 0.292 e. The van der Waals surface area contributed by atoms with Gasteiger partial charge in [-0.3, -0.25) is 25.2 Å². The van der Waals surface area contributed by atoms with E-state index < -0.39 is 9.85 Å². The lowest BCUT2D eigenvalue weighted by Gasteiger charge is -2.08. The molecule has 1 N–H and O–H groups in total. The van der Waals surface area contributed by atoms with Gasteiger partial charge in [-0.1, -0.05) is 23.9 Å². The summed E-state index contributed by atoms with van der Waals surface area (Å²) < 4.78 is 0. The van der Waals surface area contributed by atoms with E-state index in [9.17, 15) is 25.3 Å². The molecule has 0 heterocycles. The number of anilines is 1. The van der Waals surface area contributed by atoms with Gasteiger partial charge in [0.25, 0.3) is 11.4 Å². The highest BCUT2D eigenvalue weighted by Gasteiger charge is 2.11. The molecule has 0 bridgehead atoms. The molecule has 0 fully saturated rings. The zero-order valence-corrected chi connectivity index (χ0v) is 12.4. The Morgan fingerprint density at radius 1 is 1.08 bits per heavy atom. The Morgan fingerprint density at radius 2 is 1.83 bits per heavy atom. The second kappa shape index (κ2) is 7.68. The number of non-ortho nitro benzene ring substituents is 1. The van der Waals surface area contributed by atoms with Crippen LogP contribution in [0.1, 0.15) is 5.56 Å². The first-order valence-corrected chi connectivity index (χ1v) is 6.91. The molecule has 2 aromatic rings. The first kappa shape index (κ1) is 16.9. The third-order valence-corrected chi connectivity index (χ3v) is 3.09. The topological polar surface area (TPSA) is 134 Å². The summed E-state index contributed by atoms with van der Waals surface area (Å²) in [6.07, 6.45) is 1.26. The maximum absolute atomic E-state index is 11.6. The van der Waals surface area contributed by atoms with Gasteiger partial charge in [-0.05, 0) is 11.6 Å². The van der Waals surface area contributed by atoms with Crippen molar-refractivity contribution in [2.75, 3.05) is 18.4 Å². The van der Waals surface area contributed by atoms with Crippen LogP contribution in [-0.4, -0.2) is 29.2 Å². The van der Waals surface area contributed by atoms with Crippen LogP contribution in [-0.2, 0) is 0 Å². The van der Waals surface area contributed by atoms with Crippen LogP contribution in [0, 0.1) is 20.2 Å². The Kier molecular flexibility index (Phi) is 5.40. The van der Waals surface area contributed by atoms with Crippen molar-refractivity contribution in [1.29, 1.82) is 0 Å². The summed E-state index contributed by atoms with van der Waals surface area (Å²) in [6.45, 7) is 0.554. The molecule has 0 aromatic heterocycles.